The van der Waals surface area contributed by atoms with Gasteiger partial charge in [0.2, 0.25) is 0 Å². The molecule has 0 radical (unpaired) electrons. The summed E-state index contributed by atoms with van der Waals surface area (Å²) in [5.74, 6) is -1.94. The van der Waals surface area contributed by atoms with Gasteiger partial charge in [0.25, 0.3) is 5.91 Å². The number of aliphatic carboxylic acids is 1. The molecule has 2 aromatic carbocycles. The van der Waals surface area contributed by atoms with Crippen LogP contribution in [0.25, 0.3) is 0 Å². The van der Waals surface area contributed by atoms with E-state index in [2.05, 4.69) is 5.32 Å². The number of carbonyl (C=O) groups is 2. The van der Waals surface area contributed by atoms with Crippen molar-refractivity contribution in [3.8, 4) is 0 Å². The Labute approximate surface area is 121 Å². The maximum absolute atomic E-state index is 12.0. The first-order valence-corrected chi connectivity index (χ1v) is 6.40. The zero-order valence-electron chi connectivity index (χ0n) is 11.1. The summed E-state index contributed by atoms with van der Waals surface area (Å²) in [5, 5.41) is 21.5. The third-order valence-electron chi connectivity index (χ3n) is 3.03. The Morgan fingerprint density at radius 1 is 0.857 bits per heavy atom. The molecule has 2 aromatic rings. The number of carboxylic acid groups (broad SMARTS) is 1. The Bertz CT molecular complexity index is 613. The van der Waals surface area contributed by atoms with E-state index in [0.29, 0.717) is 11.1 Å². The SMILES string of the molecule is O=C(N[C@H](C(=O)O)c1ccccc1)[C@@H](O)c1ccccc1. The summed E-state index contributed by atoms with van der Waals surface area (Å²) in [6, 6.07) is 15.5. The molecule has 0 spiro atoms. The summed E-state index contributed by atoms with van der Waals surface area (Å²) in [4.78, 5) is 23.3. The van der Waals surface area contributed by atoms with E-state index < -0.39 is 24.0 Å². The average Bonchev–Trinajstić information content (AvgIpc) is 2.53. The molecule has 0 aliphatic heterocycles. The quantitative estimate of drug-likeness (QED) is 0.779. The molecule has 0 unspecified atom stereocenters. The van der Waals surface area contributed by atoms with Gasteiger partial charge in [0.15, 0.2) is 12.1 Å². The molecule has 3 N–H and O–H groups in total. The average molecular weight is 285 g/mol. The summed E-state index contributed by atoms with van der Waals surface area (Å²) in [6.45, 7) is 0. The molecular weight excluding hydrogens is 270 g/mol. The summed E-state index contributed by atoms with van der Waals surface area (Å²) in [5.41, 5.74) is 0.853. The molecule has 0 saturated heterocycles. The number of carbonyl (C=O) groups excluding carboxylic acids is 1. The van der Waals surface area contributed by atoms with Crippen LogP contribution in [0.15, 0.2) is 60.7 Å². The lowest BCUT2D eigenvalue weighted by Gasteiger charge is -2.17. The van der Waals surface area contributed by atoms with Gasteiger partial charge in [-0.05, 0) is 11.1 Å². The van der Waals surface area contributed by atoms with Crippen LogP contribution in [0.5, 0.6) is 0 Å². The summed E-state index contributed by atoms with van der Waals surface area (Å²) in [7, 11) is 0. The predicted octanol–water partition coefficient (Wildman–Crippen LogP) is 1.66. The van der Waals surface area contributed by atoms with Crippen molar-refractivity contribution in [3.05, 3.63) is 71.8 Å². The first kappa shape index (κ1) is 14.7. The van der Waals surface area contributed by atoms with E-state index in [0.717, 1.165) is 0 Å². The maximum atomic E-state index is 12.0. The van der Waals surface area contributed by atoms with E-state index in [1.165, 1.54) is 0 Å². The molecule has 0 fully saturated rings. The van der Waals surface area contributed by atoms with Gasteiger partial charge in [-0.15, -0.1) is 0 Å². The highest BCUT2D eigenvalue weighted by molar-refractivity contribution is 5.87. The molecular formula is C16H15NO4. The lowest BCUT2D eigenvalue weighted by molar-refractivity contribution is -0.143. The fourth-order valence-corrected chi connectivity index (χ4v) is 1.94. The summed E-state index contributed by atoms with van der Waals surface area (Å²) in [6.07, 6.45) is -1.41. The first-order valence-electron chi connectivity index (χ1n) is 6.40. The first-order chi connectivity index (χ1) is 10.1. The van der Waals surface area contributed by atoms with Crippen LogP contribution in [-0.2, 0) is 9.59 Å². The lowest BCUT2D eigenvalue weighted by atomic mass is 10.1. The van der Waals surface area contributed by atoms with Crippen LogP contribution in [0.3, 0.4) is 0 Å². The molecule has 108 valence electrons. The van der Waals surface area contributed by atoms with E-state index in [1.54, 1.807) is 60.7 Å². The van der Waals surface area contributed by atoms with Crippen molar-refractivity contribution in [1.29, 1.82) is 0 Å². The molecule has 0 saturated carbocycles. The molecule has 0 aromatic heterocycles. The van der Waals surface area contributed by atoms with Gasteiger partial charge in [-0.3, -0.25) is 4.79 Å². The number of benzene rings is 2. The molecule has 5 nitrogen and oxygen atoms in total. The number of amides is 1. The van der Waals surface area contributed by atoms with Gasteiger partial charge in [0.05, 0.1) is 0 Å². The van der Waals surface area contributed by atoms with Gasteiger partial charge in [-0.25, -0.2) is 4.79 Å². The van der Waals surface area contributed by atoms with Crippen molar-refractivity contribution < 1.29 is 19.8 Å². The standard InChI is InChI=1S/C16H15NO4/c18-14(12-9-5-2-6-10-12)15(19)17-13(16(20)21)11-7-3-1-4-8-11/h1-10,13-14,18H,(H,17,19)(H,20,21)/t13-,14-/m0/s1. The molecule has 0 aliphatic carbocycles. The molecule has 0 bridgehead atoms. The van der Waals surface area contributed by atoms with E-state index in [1.807, 2.05) is 0 Å². The van der Waals surface area contributed by atoms with Gasteiger partial charge >= 0.3 is 5.97 Å². The van der Waals surface area contributed by atoms with Crippen LogP contribution >= 0.6 is 0 Å². The molecule has 0 heterocycles. The maximum Gasteiger partial charge on any atom is 0.330 e. The summed E-state index contributed by atoms with van der Waals surface area (Å²) >= 11 is 0. The molecule has 2 atom stereocenters. The van der Waals surface area contributed by atoms with Crippen LogP contribution in [-0.4, -0.2) is 22.1 Å². The highest BCUT2D eigenvalue weighted by atomic mass is 16.4. The normalized spacial score (nSPS) is 13.2. The van der Waals surface area contributed by atoms with Crippen molar-refractivity contribution >= 4 is 11.9 Å². The Kier molecular flexibility index (Phi) is 4.68. The second kappa shape index (κ2) is 6.67. The van der Waals surface area contributed by atoms with E-state index >= 15 is 0 Å². The third kappa shape index (κ3) is 3.67. The number of nitrogens with one attached hydrogen (secondary N) is 1. The number of hydrogen-bond donors (Lipinski definition) is 3. The Morgan fingerprint density at radius 2 is 1.33 bits per heavy atom. The minimum Gasteiger partial charge on any atom is -0.479 e. The van der Waals surface area contributed by atoms with Crippen molar-refractivity contribution in [2.75, 3.05) is 0 Å². The van der Waals surface area contributed by atoms with Crippen LogP contribution in [0.1, 0.15) is 23.3 Å². The number of rotatable bonds is 5. The van der Waals surface area contributed by atoms with Crippen molar-refractivity contribution in [3.63, 3.8) is 0 Å². The smallest absolute Gasteiger partial charge is 0.330 e. The monoisotopic (exact) mass is 285 g/mol. The Balaban J connectivity index is 2.14. The van der Waals surface area contributed by atoms with Crippen LogP contribution in [0.4, 0.5) is 0 Å². The van der Waals surface area contributed by atoms with Crippen molar-refractivity contribution in [2.24, 2.45) is 0 Å². The second-order valence-electron chi connectivity index (χ2n) is 4.50. The molecule has 2 rings (SSSR count). The lowest BCUT2D eigenvalue weighted by Crippen LogP contribution is -2.36. The predicted molar refractivity (Wildman–Crippen MR) is 76.4 cm³/mol. The summed E-state index contributed by atoms with van der Waals surface area (Å²) < 4.78 is 0. The zero-order valence-corrected chi connectivity index (χ0v) is 11.1. The van der Waals surface area contributed by atoms with E-state index in [-0.39, 0.29) is 0 Å². The molecule has 21 heavy (non-hydrogen) atoms. The van der Waals surface area contributed by atoms with Gasteiger partial charge in [-0.2, -0.15) is 0 Å². The minimum atomic E-state index is -1.41. The largest absolute Gasteiger partial charge is 0.479 e. The fraction of sp³-hybridized carbons (Fsp3) is 0.125. The van der Waals surface area contributed by atoms with E-state index in [9.17, 15) is 19.8 Å². The molecule has 0 aliphatic rings. The highest BCUT2D eigenvalue weighted by Gasteiger charge is 2.25. The van der Waals surface area contributed by atoms with Crippen LogP contribution < -0.4 is 5.32 Å². The van der Waals surface area contributed by atoms with Gasteiger partial charge in [0, 0.05) is 0 Å². The highest BCUT2D eigenvalue weighted by Crippen LogP contribution is 2.17. The van der Waals surface area contributed by atoms with Crippen LogP contribution in [0.2, 0.25) is 0 Å². The number of aliphatic hydroxyl groups excluding tert-OH is 1. The zero-order chi connectivity index (χ0) is 15.2. The Morgan fingerprint density at radius 3 is 1.81 bits per heavy atom. The topological polar surface area (TPSA) is 86.6 Å². The number of hydrogen-bond acceptors (Lipinski definition) is 3. The van der Waals surface area contributed by atoms with Gasteiger partial charge in [0.1, 0.15) is 0 Å². The van der Waals surface area contributed by atoms with E-state index in [4.69, 9.17) is 0 Å². The molecule has 5 heteroatoms. The van der Waals surface area contributed by atoms with Crippen LogP contribution in [0, 0.1) is 0 Å². The van der Waals surface area contributed by atoms with Gasteiger partial charge < -0.3 is 15.5 Å². The molecule has 1 amide bonds. The number of aliphatic hydroxyl groups is 1. The third-order valence-corrected chi connectivity index (χ3v) is 3.03. The fourth-order valence-electron chi connectivity index (χ4n) is 1.94. The van der Waals surface area contributed by atoms with Crippen molar-refractivity contribution in [2.45, 2.75) is 12.1 Å². The minimum absolute atomic E-state index is 0.409. The number of carboxylic acids is 1. The van der Waals surface area contributed by atoms with Crippen molar-refractivity contribution in [1.82, 2.24) is 5.32 Å². The second-order valence-corrected chi connectivity index (χ2v) is 4.50. The van der Waals surface area contributed by atoms with Gasteiger partial charge in [-0.1, -0.05) is 60.7 Å². The Hall–Kier alpha value is -2.66.